The van der Waals surface area contributed by atoms with Crippen LogP contribution in [0, 0.1) is 0 Å². The summed E-state index contributed by atoms with van der Waals surface area (Å²) < 4.78 is 38.0. The van der Waals surface area contributed by atoms with E-state index in [0.717, 1.165) is 6.26 Å². The normalized spacial score (nSPS) is 12.5. The maximum absolute atomic E-state index is 11.2. The number of ether oxygens (including phenoxy) is 2. The first-order chi connectivity index (χ1) is 13.9. The molecule has 2 N–H and O–H groups in total. The van der Waals surface area contributed by atoms with Crippen molar-refractivity contribution in [2.24, 2.45) is 0 Å². The molecule has 9 nitrogen and oxygen atoms in total. The monoisotopic (exact) mass is 434 g/mol. The summed E-state index contributed by atoms with van der Waals surface area (Å²) in [6.07, 6.45) is 2.56. The van der Waals surface area contributed by atoms with Gasteiger partial charge in [0.25, 0.3) is 0 Å². The predicted octanol–water partition coefficient (Wildman–Crippen LogP) is 3.68. The third-order valence-electron chi connectivity index (χ3n) is 3.76. The van der Waals surface area contributed by atoms with Crippen LogP contribution in [0.4, 0.5) is 23.1 Å². The molecule has 1 aliphatic rings. The summed E-state index contributed by atoms with van der Waals surface area (Å²) in [5.74, 6) is 2.15. The van der Waals surface area contributed by atoms with Crippen LogP contribution in [0.3, 0.4) is 0 Å². The lowest BCUT2D eigenvalue weighted by atomic mass is 10.2. The Hall–Kier alpha value is -3.24. The molecule has 0 atom stereocenters. The molecule has 0 saturated heterocycles. The number of benzene rings is 2. The van der Waals surface area contributed by atoms with Gasteiger partial charge in [0.2, 0.25) is 12.7 Å². The minimum absolute atomic E-state index is 0.125. The van der Waals surface area contributed by atoms with Gasteiger partial charge in [0.1, 0.15) is 17.3 Å². The van der Waals surface area contributed by atoms with Gasteiger partial charge in [0.05, 0.1) is 11.3 Å². The second kappa shape index (κ2) is 7.64. The fourth-order valence-corrected chi connectivity index (χ4v) is 3.24. The van der Waals surface area contributed by atoms with E-state index in [2.05, 4.69) is 20.6 Å². The molecule has 0 saturated carbocycles. The Morgan fingerprint density at radius 3 is 2.62 bits per heavy atom. The summed E-state index contributed by atoms with van der Waals surface area (Å²) in [6.45, 7) is 0.125. The minimum Gasteiger partial charge on any atom is -0.454 e. The van der Waals surface area contributed by atoms with Gasteiger partial charge in [-0.15, -0.1) is 0 Å². The zero-order chi connectivity index (χ0) is 20.4. The zero-order valence-corrected chi connectivity index (χ0v) is 16.6. The topological polar surface area (TPSA) is 112 Å². The number of hydrogen-bond donors (Lipinski definition) is 2. The van der Waals surface area contributed by atoms with Crippen LogP contribution in [0.25, 0.3) is 0 Å². The van der Waals surface area contributed by atoms with Crippen LogP contribution in [0.1, 0.15) is 0 Å². The van der Waals surface area contributed by atoms with Gasteiger partial charge in [0.15, 0.2) is 11.5 Å². The average molecular weight is 435 g/mol. The van der Waals surface area contributed by atoms with Gasteiger partial charge >= 0.3 is 10.1 Å². The zero-order valence-electron chi connectivity index (χ0n) is 15.0. The highest BCUT2D eigenvalue weighted by Crippen LogP contribution is 2.44. The van der Waals surface area contributed by atoms with E-state index in [1.54, 1.807) is 36.5 Å². The van der Waals surface area contributed by atoms with Crippen molar-refractivity contribution in [2.75, 3.05) is 23.7 Å². The van der Waals surface area contributed by atoms with Crippen LogP contribution in [-0.4, -0.2) is 31.4 Å². The molecule has 1 aromatic heterocycles. The van der Waals surface area contributed by atoms with E-state index in [4.69, 9.17) is 25.3 Å². The van der Waals surface area contributed by atoms with Crippen LogP contribution < -0.4 is 24.3 Å². The number of hydrogen-bond acceptors (Lipinski definition) is 9. The van der Waals surface area contributed by atoms with Crippen LogP contribution in [0.5, 0.6) is 17.2 Å². The molecule has 0 aliphatic carbocycles. The molecule has 150 valence electrons. The highest BCUT2D eigenvalue weighted by molar-refractivity contribution is 7.86. The van der Waals surface area contributed by atoms with Crippen molar-refractivity contribution in [3.05, 3.63) is 53.7 Å². The predicted molar refractivity (Wildman–Crippen MR) is 108 cm³/mol. The Morgan fingerprint density at radius 1 is 1.07 bits per heavy atom. The molecule has 1 aliphatic heterocycles. The molecule has 11 heteroatoms. The van der Waals surface area contributed by atoms with E-state index < -0.39 is 10.1 Å². The van der Waals surface area contributed by atoms with Gasteiger partial charge < -0.3 is 24.3 Å². The molecule has 3 aromatic rings. The Balaban J connectivity index is 1.51. The van der Waals surface area contributed by atoms with Gasteiger partial charge in [0, 0.05) is 11.9 Å². The Bertz CT molecular complexity index is 1160. The third-order valence-corrected chi connectivity index (χ3v) is 4.57. The number of halogens is 1. The highest BCUT2D eigenvalue weighted by atomic mass is 35.5. The van der Waals surface area contributed by atoms with E-state index in [0.29, 0.717) is 39.7 Å². The standard InChI is InChI=1S/C18H15ClN4O5S/c1-29(24,25)28-12-4-2-11(3-5-12)21-18-20-9-8-15(23-18)22-16-13(19)6-7-14-17(16)27-10-26-14/h2-9H,10H2,1H3,(H2,20,21,22,23). The smallest absolute Gasteiger partial charge is 0.306 e. The van der Waals surface area contributed by atoms with Gasteiger partial charge in [-0.2, -0.15) is 13.4 Å². The number of rotatable bonds is 6. The molecule has 29 heavy (non-hydrogen) atoms. The number of nitrogens with zero attached hydrogens (tertiary/aromatic N) is 2. The maximum Gasteiger partial charge on any atom is 0.306 e. The van der Waals surface area contributed by atoms with Crippen LogP contribution >= 0.6 is 11.6 Å². The molecule has 2 aromatic carbocycles. The van der Waals surface area contributed by atoms with E-state index >= 15 is 0 Å². The van der Waals surface area contributed by atoms with Crippen LogP contribution in [-0.2, 0) is 10.1 Å². The second-order valence-corrected chi connectivity index (χ2v) is 7.97. The molecule has 0 radical (unpaired) electrons. The summed E-state index contributed by atoms with van der Waals surface area (Å²) in [4.78, 5) is 8.57. The van der Waals surface area contributed by atoms with Crippen molar-refractivity contribution in [3.63, 3.8) is 0 Å². The molecule has 0 bridgehead atoms. The second-order valence-electron chi connectivity index (χ2n) is 5.98. The van der Waals surface area contributed by atoms with Gasteiger partial charge in [-0.05, 0) is 42.5 Å². The summed E-state index contributed by atoms with van der Waals surface area (Å²) >= 11 is 6.28. The van der Waals surface area contributed by atoms with Crippen LogP contribution in [0.2, 0.25) is 5.02 Å². The average Bonchev–Trinajstić information content (AvgIpc) is 3.14. The Morgan fingerprint density at radius 2 is 1.86 bits per heavy atom. The number of anilines is 4. The molecular formula is C18H15ClN4O5S. The minimum atomic E-state index is -3.58. The van der Waals surface area contributed by atoms with Crippen molar-refractivity contribution in [1.29, 1.82) is 0 Å². The van der Waals surface area contributed by atoms with E-state index in [-0.39, 0.29) is 12.5 Å². The third kappa shape index (κ3) is 4.61. The van der Waals surface area contributed by atoms with E-state index in [1.165, 1.54) is 12.1 Å². The summed E-state index contributed by atoms with van der Waals surface area (Å²) in [5.41, 5.74) is 1.20. The number of aromatic nitrogens is 2. The maximum atomic E-state index is 11.2. The van der Waals surface area contributed by atoms with Crippen molar-refractivity contribution in [3.8, 4) is 17.2 Å². The van der Waals surface area contributed by atoms with Crippen LogP contribution in [0.15, 0.2) is 48.7 Å². The number of nitrogens with one attached hydrogen (secondary N) is 2. The van der Waals surface area contributed by atoms with Crippen molar-refractivity contribution < 1.29 is 22.1 Å². The summed E-state index contributed by atoms with van der Waals surface area (Å²) in [7, 11) is -3.58. The lowest BCUT2D eigenvalue weighted by Gasteiger charge is -2.12. The summed E-state index contributed by atoms with van der Waals surface area (Å²) in [6, 6.07) is 11.5. The lowest BCUT2D eigenvalue weighted by molar-refractivity contribution is 0.174. The SMILES string of the molecule is CS(=O)(=O)Oc1ccc(Nc2nccc(Nc3c(Cl)ccc4c3OCO4)n2)cc1. The molecule has 0 amide bonds. The van der Waals surface area contributed by atoms with E-state index in [9.17, 15) is 8.42 Å². The van der Waals surface area contributed by atoms with Gasteiger partial charge in [-0.1, -0.05) is 11.6 Å². The molecular weight excluding hydrogens is 420 g/mol. The largest absolute Gasteiger partial charge is 0.454 e. The van der Waals surface area contributed by atoms with Crippen molar-refractivity contribution >= 4 is 44.9 Å². The Kier molecular flexibility index (Phi) is 5.03. The fraction of sp³-hybridized carbons (Fsp3) is 0.111. The Labute approximate surface area is 171 Å². The first-order valence-corrected chi connectivity index (χ1v) is 10.5. The first-order valence-electron chi connectivity index (χ1n) is 8.32. The molecule has 0 spiro atoms. The quantitative estimate of drug-likeness (QED) is 0.561. The van der Waals surface area contributed by atoms with Gasteiger partial charge in [-0.25, -0.2) is 4.98 Å². The van der Waals surface area contributed by atoms with Crippen molar-refractivity contribution in [2.45, 2.75) is 0 Å². The molecule has 0 fully saturated rings. The number of fused-ring (bicyclic) bond motifs is 1. The highest BCUT2D eigenvalue weighted by Gasteiger charge is 2.21. The summed E-state index contributed by atoms with van der Waals surface area (Å²) in [5, 5.41) is 6.61. The van der Waals surface area contributed by atoms with Gasteiger partial charge in [-0.3, -0.25) is 0 Å². The molecule has 2 heterocycles. The van der Waals surface area contributed by atoms with Crippen molar-refractivity contribution in [1.82, 2.24) is 9.97 Å². The van der Waals surface area contributed by atoms with E-state index in [1.807, 2.05) is 0 Å². The molecule has 0 unspecified atom stereocenters. The molecule has 4 rings (SSSR count). The first kappa shape index (κ1) is 19.1. The lowest BCUT2D eigenvalue weighted by Crippen LogP contribution is -2.05. The fourth-order valence-electron chi connectivity index (χ4n) is 2.58.